The summed E-state index contributed by atoms with van der Waals surface area (Å²) in [6.45, 7) is 11.6. The third-order valence-corrected chi connectivity index (χ3v) is 3.92. The summed E-state index contributed by atoms with van der Waals surface area (Å²) >= 11 is 1.32. The largest absolute Gasteiger partial charge is 0.412 e. The van der Waals surface area contributed by atoms with Crippen LogP contribution in [-0.4, -0.2) is 38.5 Å². The minimum absolute atomic E-state index is 0.0485. The lowest BCUT2D eigenvalue weighted by Gasteiger charge is -2.25. The van der Waals surface area contributed by atoms with Crippen molar-refractivity contribution in [3.63, 3.8) is 0 Å². The van der Waals surface area contributed by atoms with Crippen LogP contribution in [0.3, 0.4) is 0 Å². The highest BCUT2D eigenvalue weighted by Gasteiger charge is 2.21. The lowest BCUT2D eigenvalue weighted by molar-refractivity contribution is -0.109. The van der Waals surface area contributed by atoms with Crippen LogP contribution in [-0.2, 0) is 14.0 Å². The molecule has 0 saturated carbocycles. The van der Waals surface area contributed by atoms with E-state index >= 15 is 0 Å². The first-order valence-electron chi connectivity index (χ1n) is 6.24. The van der Waals surface area contributed by atoms with Crippen LogP contribution in [0.5, 0.6) is 0 Å². The molecule has 0 aliphatic heterocycles. The van der Waals surface area contributed by atoms with E-state index in [1.165, 1.54) is 11.8 Å². The monoisotopic (exact) mass is 278 g/mol. The first-order chi connectivity index (χ1) is 7.85. The fourth-order valence-corrected chi connectivity index (χ4v) is 3.14. The van der Waals surface area contributed by atoms with Crippen molar-refractivity contribution in [3.05, 3.63) is 0 Å². The predicted octanol–water partition coefficient (Wildman–Crippen LogP) is 3.30. The molecule has 0 heterocycles. The van der Waals surface area contributed by atoms with Gasteiger partial charge in [-0.25, -0.2) is 0 Å². The quantitative estimate of drug-likeness (QED) is 0.479. The van der Waals surface area contributed by atoms with Gasteiger partial charge in [0.2, 0.25) is 0 Å². The molecule has 0 aromatic carbocycles. The number of rotatable bonds is 9. The standard InChI is InChI=1S/C12H26O3SSi/c1-6-7-8-14-9-12(10-16-11(2)13)15-17(3,4)5/h12H,6-10H2,1-5H3. The van der Waals surface area contributed by atoms with Gasteiger partial charge >= 0.3 is 0 Å². The molecule has 5 heteroatoms. The average Bonchev–Trinajstić information content (AvgIpc) is 2.18. The Labute approximate surface area is 111 Å². The maximum absolute atomic E-state index is 11.0. The maximum Gasteiger partial charge on any atom is 0.185 e. The van der Waals surface area contributed by atoms with Gasteiger partial charge in [-0.15, -0.1) is 0 Å². The van der Waals surface area contributed by atoms with Gasteiger partial charge in [0.25, 0.3) is 0 Å². The van der Waals surface area contributed by atoms with Gasteiger partial charge in [0.05, 0.1) is 12.7 Å². The molecule has 0 N–H and O–H groups in total. The average molecular weight is 278 g/mol. The fraction of sp³-hybridized carbons (Fsp3) is 0.917. The minimum Gasteiger partial charge on any atom is -0.412 e. The van der Waals surface area contributed by atoms with Crippen LogP contribution in [0.25, 0.3) is 0 Å². The van der Waals surface area contributed by atoms with Crippen molar-refractivity contribution in [1.82, 2.24) is 0 Å². The molecule has 0 rings (SSSR count). The molecule has 102 valence electrons. The number of hydrogen-bond donors (Lipinski definition) is 0. The summed E-state index contributed by atoms with van der Waals surface area (Å²) in [6, 6.07) is 0. The smallest absolute Gasteiger partial charge is 0.185 e. The summed E-state index contributed by atoms with van der Waals surface area (Å²) in [5.41, 5.74) is 0. The van der Waals surface area contributed by atoms with E-state index in [0.717, 1.165) is 19.4 Å². The molecular weight excluding hydrogens is 252 g/mol. The molecule has 0 aromatic heterocycles. The Morgan fingerprint density at radius 2 is 2.00 bits per heavy atom. The van der Waals surface area contributed by atoms with Gasteiger partial charge < -0.3 is 9.16 Å². The van der Waals surface area contributed by atoms with E-state index in [2.05, 4.69) is 26.6 Å². The van der Waals surface area contributed by atoms with Crippen molar-refractivity contribution in [2.75, 3.05) is 19.0 Å². The van der Waals surface area contributed by atoms with Crippen LogP contribution in [0.1, 0.15) is 26.7 Å². The summed E-state index contributed by atoms with van der Waals surface area (Å²) in [4.78, 5) is 11.0. The second-order valence-electron chi connectivity index (χ2n) is 5.08. The highest BCUT2D eigenvalue weighted by molar-refractivity contribution is 8.13. The number of unbranched alkanes of at least 4 members (excludes halogenated alkanes) is 1. The van der Waals surface area contributed by atoms with Gasteiger partial charge in [0.1, 0.15) is 0 Å². The van der Waals surface area contributed by atoms with Crippen molar-refractivity contribution >= 4 is 25.2 Å². The van der Waals surface area contributed by atoms with Crippen LogP contribution >= 0.6 is 11.8 Å². The first-order valence-corrected chi connectivity index (χ1v) is 10.6. The second-order valence-corrected chi connectivity index (χ2v) is 10.7. The fourth-order valence-electron chi connectivity index (χ4n) is 1.29. The molecule has 0 radical (unpaired) electrons. The van der Waals surface area contributed by atoms with E-state index in [1.807, 2.05) is 0 Å². The van der Waals surface area contributed by atoms with Crippen LogP contribution in [0.15, 0.2) is 0 Å². The van der Waals surface area contributed by atoms with Crippen molar-refractivity contribution in [1.29, 1.82) is 0 Å². The highest BCUT2D eigenvalue weighted by atomic mass is 32.2. The molecule has 3 nitrogen and oxygen atoms in total. The summed E-state index contributed by atoms with van der Waals surface area (Å²) in [5.74, 6) is 0.700. The number of hydrogen-bond acceptors (Lipinski definition) is 4. The van der Waals surface area contributed by atoms with Crippen LogP contribution < -0.4 is 0 Å². The zero-order chi connectivity index (χ0) is 13.3. The van der Waals surface area contributed by atoms with Crippen LogP contribution in [0.4, 0.5) is 0 Å². The van der Waals surface area contributed by atoms with Gasteiger partial charge in [0, 0.05) is 19.3 Å². The molecule has 1 unspecified atom stereocenters. The molecular formula is C12H26O3SSi. The number of carbonyl (C=O) groups excluding carboxylic acids is 1. The first kappa shape index (κ1) is 17.2. The summed E-state index contributed by atoms with van der Waals surface area (Å²) in [6.07, 6.45) is 2.27. The Hall–Kier alpha value is 0.157. The van der Waals surface area contributed by atoms with Gasteiger partial charge in [-0.1, -0.05) is 25.1 Å². The van der Waals surface area contributed by atoms with Crippen molar-refractivity contribution in [2.24, 2.45) is 0 Å². The minimum atomic E-state index is -1.57. The van der Waals surface area contributed by atoms with E-state index < -0.39 is 8.32 Å². The lowest BCUT2D eigenvalue weighted by Crippen LogP contribution is -2.36. The van der Waals surface area contributed by atoms with E-state index in [9.17, 15) is 4.79 Å². The number of ether oxygens (including phenoxy) is 1. The van der Waals surface area contributed by atoms with E-state index in [1.54, 1.807) is 6.92 Å². The maximum atomic E-state index is 11.0. The van der Waals surface area contributed by atoms with E-state index in [4.69, 9.17) is 9.16 Å². The SMILES string of the molecule is CCCCOCC(CSC(C)=O)O[Si](C)(C)C. The molecule has 1 atom stereocenters. The molecule has 0 aliphatic rings. The molecule has 17 heavy (non-hydrogen) atoms. The molecule has 0 bridgehead atoms. The molecule has 0 amide bonds. The summed E-state index contributed by atoms with van der Waals surface area (Å²) < 4.78 is 11.6. The highest BCUT2D eigenvalue weighted by Crippen LogP contribution is 2.13. The third kappa shape index (κ3) is 12.4. The topological polar surface area (TPSA) is 35.5 Å². The summed E-state index contributed by atoms with van der Waals surface area (Å²) in [5, 5.41) is 0.141. The van der Waals surface area contributed by atoms with Gasteiger partial charge in [0.15, 0.2) is 13.4 Å². The van der Waals surface area contributed by atoms with Gasteiger partial charge in [-0.3, -0.25) is 4.79 Å². The van der Waals surface area contributed by atoms with Crippen molar-refractivity contribution in [2.45, 2.75) is 52.4 Å². The van der Waals surface area contributed by atoms with Gasteiger partial charge in [-0.05, 0) is 26.1 Å². The Balaban J connectivity index is 3.97. The zero-order valence-corrected chi connectivity index (χ0v) is 13.6. The molecule has 0 fully saturated rings. The van der Waals surface area contributed by atoms with Crippen molar-refractivity contribution in [3.8, 4) is 0 Å². The lowest BCUT2D eigenvalue weighted by atomic mass is 10.3. The van der Waals surface area contributed by atoms with E-state index in [0.29, 0.717) is 12.4 Å². The van der Waals surface area contributed by atoms with Gasteiger partial charge in [-0.2, -0.15) is 0 Å². The van der Waals surface area contributed by atoms with Crippen LogP contribution in [0.2, 0.25) is 19.6 Å². The Morgan fingerprint density at radius 1 is 1.35 bits per heavy atom. The Bertz CT molecular complexity index is 216. The molecule has 0 saturated heterocycles. The Kier molecular flexibility index (Phi) is 9.22. The Morgan fingerprint density at radius 3 is 2.47 bits per heavy atom. The number of carbonyl (C=O) groups is 1. The molecule has 0 aliphatic carbocycles. The normalized spacial score (nSPS) is 13.7. The van der Waals surface area contributed by atoms with E-state index in [-0.39, 0.29) is 11.2 Å². The molecule has 0 spiro atoms. The third-order valence-electron chi connectivity index (χ3n) is 1.94. The molecule has 0 aromatic rings. The van der Waals surface area contributed by atoms with Crippen molar-refractivity contribution < 1.29 is 14.0 Å². The van der Waals surface area contributed by atoms with Crippen LogP contribution in [0, 0.1) is 0 Å². The number of thioether (sulfide) groups is 1. The zero-order valence-electron chi connectivity index (χ0n) is 11.7. The second kappa shape index (κ2) is 9.14. The summed E-state index contributed by atoms with van der Waals surface area (Å²) in [7, 11) is -1.57. The predicted molar refractivity (Wildman–Crippen MR) is 77.1 cm³/mol.